The van der Waals surface area contributed by atoms with Crippen LogP contribution in [0.5, 0.6) is 0 Å². The van der Waals surface area contributed by atoms with Crippen molar-refractivity contribution in [2.45, 2.75) is 26.3 Å². The predicted octanol–water partition coefficient (Wildman–Crippen LogP) is 2.40. The van der Waals surface area contributed by atoms with Crippen LogP contribution in [0.4, 0.5) is 5.13 Å². The Hall–Kier alpha value is -2.19. The van der Waals surface area contributed by atoms with Crippen LogP contribution < -0.4 is 10.6 Å². The molecule has 1 fully saturated rings. The Kier molecular flexibility index (Phi) is 5.27. The number of anilines is 1. The minimum absolute atomic E-state index is 0.00927. The Morgan fingerprint density at radius 2 is 2.12 bits per heavy atom. The van der Waals surface area contributed by atoms with Gasteiger partial charge < -0.3 is 19.8 Å². The fourth-order valence-electron chi connectivity index (χ4n) is 2.43. The average Bonchev–Trinajstić information content (AvgIpc) is 3.22. The number of amides is 2. The third-order valence-corrected chi connectivity index (χ3v) is 4.51. The topological polar surface area (TPSA) is 93.5 Å². The largest absolute Gasteiger partial charge is 0.458 e. The third kappa shape index (κ3) is 4.21. The Morgan fingerprint density at radius 1 is 1.33 bits per heavy atom. The van der Waals surface area contributed by atoms with Gasteiger partial charge in [0.2, 0.25) is 11.8 Å². The van der Waals surface area contributed by atoms with Gasteiger partial charge in [0.1, 0.15) is 11.5 Å². The van der Waals surface area contributed by atoms with Gasteiger partial charge in [0.05, 0.1) is 6.54 Å². The van der Waals surface area contributed by atoms with Gasteiger partial charge in [-0.25, -0.2) is 4.98 Å². The van der Waals surface area contributed by atoms with Gasteiger partial charge in [0.25, 0.3) is 0 Å². The van der Waals surface area contributed by atoms with E-state index in [0.29, 0.717) is 42.1 Å². The zero-order valence-corrected chi connectivity index (χ0v) is 14.1. The molecule has 2 aromatic heterocycles. The number of rotatable bonds is 5. The van der Waals surface area contributed by atoms with Crippen LogP contribution in [0.1, 0.15) is 25.5 Å². The Morgan fingerprint density at radius 3 is 2.88 bits per heavy atom. The third-order valence-electron chi connectivity index (χ3n) is 3.75. The predicted molar refractivity (Wildman–Crippen MR) is 89.5 cm³/mol. The number of aromatic nitrogens is 1. The second-order valence-corrected chi connectivity index (χ2v) is 6.45. The first-order valence-electron chi connectivity index (χ1n) is 7.79. The van der Waals surface area contributed by atoms with Crippen LogP contribution in [-0.4, -0.2) is 30.0 Å². The number of nitrogens with one attached hydrogen (secondary N) is 2. The van der Waals surface area contributed by atoms with Crippen LogP contribution in [0.25, 0.3) is 11.5 Å². The molecule has 0 spiro atoms. The van der Waals surface area contributed by atoms with Crippen molar-refractivity contribution in [3.8, 4) is 11.5 Å². The molecule has 8 heteroatoms. The summed E-state index contributed by atoms with van der Waals surface area (Å²) in [7, 11) is 0. The summed E-state index contributed by atoms with van der Waals surface area (Å²) >= 11 is 1.36. The maximum Gasteiger partial charge on any atom is 0.229 e. The highest BCUT2D eigenvalue weighted by molar-refractivity contribution is 7.14. The summed E-state index contributed by atoms with van der Waals surface area (Å²) in [6, 6.07) is 3.60. The standard InChI is InChI=1S/C16H19N3O4S/c1-10(20)17-8-12-2-3-14(23-12)13-9-24-16(18-13)19-15(21)11-4-6-22-7-5-11/h2-3,9,11H,4-8H2,1H3,(H,17,20)(H,18,19,21). The molecule has 2 amide bonds. The lowest BCUT2D eigenvalue weighted by atomic mass is 10.00. The highest BCUT2D eigenvalue weighted by atomic mass is 32.1. The SMILES string of the molecule is CC(=O)NCc1ccc(-c2csc(NC(=O)C3CCOCC3)n2)o1. The number of carbonyl (C=O) groups excluding carboxylic acids is 2. The van der Waals surface area contributed by atoms with Crippen molar-refractivity contribution in [1.82, 2.24) is 10.3 Å². The molecule has 24 heavy (non-hydrogen) atoms. The normalized spacial score (nSPS) is 15.2. The first kappa shape index (κ1) is 16.7. The van der Waals surface area contributed by atoms with Crippen molar-refractivity contribution in [3.63, 3.8) is 0 Å². The van der Waals surface area contributed by atoms with Crippen molar-refractivity contribution in [2.24, 2.45) is 5.92 Å². The van der Waals surface area contributed by atoms with Crippen molar-refractivity contribution in [1.29, 1.82) is 0 Å². The molecule has 0 aliphatic carbocycles. The van der Waals surface area contributed by atoms with E-state index in [1.165, 1.54) is 18.3 Å². The summed E-state index contributed by atoms with van der Waals surface area (Å²) in [6.45, 7) is 3.06. The second-order valence-electron chi connectivity index (χ2n) is 5.59. The molecule has 2 aromatic rings. The van der Waals surface area contributed by atoms with Gasteiger partial charge in [0, 0.05) is 31.4 Å². The first-order chi connectivity index (χ1) is 11.6. The van der Waals surface area contributed by atoms with Crippen molar-refractivity contribution >= 4 is 28.3 Å². The van der Waals surface area contributed by atoms with Crippen LogP contribution in [0.2, 0.25) is 0 Å². The van der Waals surface area contributed by atoms with Crippen molar-refractivity contribution < 1.29 is 18.7 Å². The van der Waals surface area contributed by atoms with Crippen LogP contribution in [-0.2, 0) is 20.9 Å². The van der Waals surface area contributed by atoms with Gasteiger partial charge >= 0.3 is 0 Å². The minimum atomic E-state index is -0.111. The van der Waals surface area contributed by atoms with E-state index in [9.17, 15) is 9.59 Å². The molecule has 3 heterocycles. The zero-order chi connectivity index (χ0) is 16.9. The average molecular weight is 349 g/mol. The molecule has 7 nitrogen and oxygen atoms in total. The second kappa shape index (κ2) is 7.59. The number of thiazole rings is 1. The van der Waals surface area contributed by atoms with Crippen LogP contribution in [0, 0.1) is 5.92 Å². The molecule has 0 unspecified atom stereocenters. The minimum Gasteiger partial charge on any atom is -0.458 e. The molecule has 1 aliphatic rings. The number of carbonyl (C=O) groups is 2. The molecule has 0 radical (unpaired) electrons. The van der Waals surface area contributed by atoms with Crippen LogP contribution in [0.15, 0.2) is 21.9 Å². The summed E-state index contributed by atoms with van der Waals surface area (Å²) in [5.41, 5.74) is 0.663. The molecular formula is C16H19N3O4S. The Bertz CT molecular complexity index is 718. The lowest BCUT2D eigenvalue weighted by Gasteiger charge is -2.20. The lowest BCUT2D eigenvalue weighted by Crippen LogP contribution is -2.28. The van der Waals surface area contributed by atoms with E-state index in [1.54, 1.807) is 12.1 Å². The first-order valence-corrected chi connectivity index (χ1v) is 8.67. The van der Waals surface area contributed by atoms with Gasteiger partial charge in [-0.05, 0) is 25.0 Å². The van der Waals surface area contributed by atoms with Gasteiger partial charge in [-0.2, -0.15) is 0 Å². The molecule has 0 aromatic carbocycles. The van der Waals surface area contributed by atoms with Crippen LogP contribution in [0.3, 0.4) is 0 Å². The van der Waals surface area contributed by atoms with Gasteiger partial charge in [-0.3, -0.25) is 9.59 Å². The molecule has 1 aliphatic heterocycles. The van der Waals surface area contributed by atoms with Crippen LogP contribution >= 0.6 is 11.3 Å². The van der Waals surface area contributed by atoms with Gasteiger partial charge in [0.15, 0.2) is 10.9 Å². The fraction of sp³-hybridized carbons (Fsp3) is 0.438. The number of ether oxygens (including phenoxy) is 1. The van der Waals surface area contributed by atoms with Crippen molar-refractivity contribution in [2.75, 3.05) is 18.5 Å². The Labute approximate surface area is 143 Å². The van der Waals surface area contributed by atoms with E-state index in [-0.39, 0.29) is 17.7 Å². The molecule has 1 saturated heterocycles. The quantitative estimate of drug-likeness (QED) is 0.864. The molecule has 0 saturated carbocycles. The maximum atomic E-state index is 12.2. The highest BCUT2D eigenvalue weighted by Gasteiger charge is 2.22. The number of hydrogen-bond donors (Lipinski definition) is 2. The van der Waals surface area contributed by atoms with Gasteiger partial charge in [-0.1, -0.05) is 0 Å². The van der Waals surface area contributed by atoms with E-state index < -0.39 is 0 Å². The number of nitrogens with zero attached hydrogens (tertiary/aromatic N) is 1. The van der Waals surface area contributed by atoms with Gasteiger partial charge in [-0.15, -0.1) is 11.3 Å². The smallest absolute Gasteiger partial charge is 0.229 e. The molecule has 0 bridgehead atoms. The van der Waals surface area contributed by atoms with E-state index >= 15 is 0 Å². The van der Waals surface area contributed by atoms with E-state index in [0.717, 1.165) is 12.8 Å². The van der Waals surface area contributed by atoms with E-state index in [2.05, 4.69) is 15.6 Å². The lowest BCUT2D eigenvalue weighted by molar-refractivity contribution is -0.122. The molecule has 128 valence electrons. The number of hydrogen-bond acceptors (Lipinski definition) is 6. The van der Waals surface area contributed by atoms with Crippen molar-refractivity contribution in [3.05, 3.63) is 23.3 Å². The summed E-state index contributed by atoms with van der Waals surface area (Å²) in [6.07, 6.45) is 1.49. The monoisotopic (exact) mass is 349 g/mol. The molecule has 0 atom stereocenters. The maximum absolute atomic E-state index is 12.2. The van der Waals surface area contributed by atoms with E-state index in [1.807, 2.05) is 5.38 Å². The molecule has 3 rings (SSSR count). The summed E-state index contributed by atoms with van der Waals surface area (Å²) < 4.78 is 10.9. The number of furan rings is 1. The molecular weight excluding hydrogens is 330 g/mol. The van der Waals surface area contributed by atoms with E-state index in [4.69, 9.17) is 9.15 Å². The summed E-state index contributed by atoms with van der Waals surface area (Å²) in [5.74, 6) is 1.13. The zero-order valence-electron chi connectivity index (χ0n) is 13.3. The highest BCUT2D eigenvalue weighted by Crippen LogP contribution is 2.27. The Balaban J connectivity index is 1.60. The fourth-order valence-corrected chi connectivity index (χ4v) is 3.14. The summed E-state index contributed by atoms with van der Waals surface area (Å²) in [5, 5.41) is 7.93. The molecule has 2 N–H and O–H groups in total. The summed E-state index contributed by atoms with van der Waals surface area (Å²) in [4.78, 5) is 27.5.